The summed E-state index contributed by atoms with van der Waals surface area (Å²) in [7, 11) is -3.49. The summed E-state index contributed by atoms with van der Waals surface area (Å²) in [6, 6.07) is 3.59. The van der Waals surface area contributed by atoms with Crippen LogP contribution in [-0.4, -0.2) is 61.3 Å². The van der Waals surface area contributed by atoms with Crippen molar-refractivity contribution in [3.8, 4) is 0 Å². The molecule has 2 fully saturated rings. The van der Waals surface area contributed by atoms with Crippen LogP contribution in [0.4, 0.5) is 5.82 Å². The molecule has 2 heterocycles. The Morgan fingerprint density at radius 2 is 1.87 bits per heavy atom. The molecule has 0 atom stereocenters. The first-order chi connectivity index (χ1) is 11.1. The Morgan fingerprint density at radius 3 is 2.48 bits per heavy atom. The summed E-state index contributed by atoms with van der Waals surface area (Å²) in [4.78, 5) is 4.45. The normalized spacial score (nSPS) is 26.8. The maximum absolute atomic E-state index is 12.5. The topological polar surface area (TPSA) is 91.8 Å². The number of pyridine rings is 1. The van der Waals surface area contributed by atoms with E-state index in [0.29, 0.717) is 32.1 Å². The van der Waals surface area contributed by atoms with E-state index in [2.05, 4.69) is 10.3 Å². The molecule has 2 N–H and O–H groups in total. The Hall–Kier alpha value is -1.22. The van der Waals surface area contributed by atoms with Gasteiger partial charge < -0.3 is 15.2 Å². The van der Waals surface area contributed by atoms with Crippen molar-refractivity contribution in [1.82, 2.24) is 9.29 Å². The van der Waals surface area contributed by atoms with Crippen LogP contribution < -0.4 is 5.32 Å². The summed E-state index contributed by atoms with van der Waals surface area (Å²) in [6.45, 7) is 1.62. The second kappa shape index (κ2) is 7.12. The molecule has 1 aromatic rings. The SMILES string of the molecule is O=S(=O)(c1ccc(NC2CCC(O)CC2)nc1)N1CCOCC1. The number of anilines is 1. The lowest BCUT2D eigenvalue weighted by Crippen LogP contribution is -2.40. The highest BCUT2D eigenvalue weighted by Gasteiger charge is 2.26. The van der Waals surface area contributed by atoms with Gasteiger partial charge in [0.25, 0.3) is 0 Å². The molecule has 1 aliphatic carbocycles. The van der Waals surface area contributed by atoms with Crippen molar-refractivity contribution < 1.29 is 18.3 Å². The number of sulfonamides is 1. The molecule has 1 aliphatic heterocycles. The standard InChI is InChI=1S/C15H23N3O4S/c19-13-3-1-12(2-4-13)17-15-6-5-14(11-16-15)23(20,21)18-7-9-22-10-8-18/h5-6,11-13,19H,1-4,7-10H2,(H,16,17). The van der Waals surface area contributed by atoms with E-state index in [1.165, 1.54) is 10.5 Å². The number of rotatable bonds is 4. The van der Waals surface area contributed by atoms with Crippen molar-refractivity contribution in [2.24, 2.45) is 0 Å². The lowest BCUT2D eigenvalue weighted by atomic mass is 9.93. The highest BCUT2D eigenvalue weighted by Crippen LogP contribution is 2.22. The Labute approximate surface area is 136 Å². The van der Waals surface area contributed by atoms with Crippen molar-refractivity contribution in [3.63, 3.8) is 0 Å². The molecule has 23 heavy (non-hydrogen) atoms. The van der Waals surface area contributed by atoms with Crippen molar-refractivity contribution in [2.75, 3.05) is 31.6 Å². The predicted molar refractivity (Wildman–Crippen MR) is 85.7 cm³/mol. The summed E-state index contributed by atoms with van der Waals surface area (Å²) in [5, 5.41) is 12.8. The average Bonchev–Trinajstić information content (AvgIpc) is 2.58. The van der Waals surface area contributed by atoms with Crippen molar-refractivity contribution in [2.45, 2.75) is 42.7 Å². The molecule has 1 saturated heterocycles. The van der Waals surface area contributed by atoms with Crippen LogP contribution in [0.2, 0.25) is 0 Å². The van der Waals surface area contributed by atoms with Gasteiger partial charge in [-0.15, -0.1) is 0 Å². The first-order valence-corrected chi connectivity index (χ1v) is 9.48. The molecule has 0 spiro atoms. The number of ether oxygens (including phenoxy) is 1. The van der Waals surface area contributed by atoms with E-state index in [0.717, 1.165) is 25.7 Å². The molecule has 0 unspecified atom stereocenters. The number of nitrogens with zero attached hydrogens (tertiary/aromatic N) is 2. The van der Waals surface area contributed by atoms with E-state index >= 15 is 0 Å². The van der Waals surface area contributed by atoms with Gasteiger partial charge in [-0.25, -0.2) is 13.4 Å². The van der Waals surface area contributed by atoms with Gasteiger partial charge in [0.05, 0.1) is 19.3 Å². The van der Waals surface area contributed by atoms with Crippen molar-refractivity contribution >= 4 is 15.8 Å². The van der Waals surface area contributed by atoms with Gasteiger partial charge in [0, 0.05) is 25.3 Å². The molecule has 0 bridgehead atoms. The lowest BCUT2D eigenvalue weighted by Gasteiger charge is -2.27. The Balaban J connectivity index is 1.64. The minimum atomic E-state index is -3.49. The summed E-state index contributed by atoms with van der Waals surface area (Å²) >= 11 is 0. The Morgan fingerprint density at radius 1 is 1.17 bits per heavy atom. The third-order valence-corrected chi connectivity index (χ3v) is 6.28. The molecule has 128 valence electrons. The van der Waals surface area contributed by atoms with Crippen LogP contribution in [0.15, 0.2) is 23.2 Å². The van der Waals surface area contributed by atoms with Gasteiger partial charge in [-0.1, -0.05) is 0 Å². The number of aliphatic hydroxyl groups is 1. The van der Waals surface area contributed by atoms with E-state index in [1.54, 1.807) is 12.1 Å². The number of aliphatic hydroxyl groups excluding tert-OH is 1. The van der Waals surface area contributed by atoms with Gasteiger partial charge in [-0.3, -0.25) is 0 Å². The number of aromatic nitrogens is 1. The molecule has 0 radical (unpaired) electrons. The van der Waals surface area contributed by atoms with Gasteiger partial charge in [0.1, 0.15) is 10.7 Å². The molecular formula is C15H23N3O4S. The van der Waals surface area contributed by atoms with E-state index in [4.69, 9.17) is 4.74 Å². The van der Waals surface area contributed by atoms with Gasteiger partial charge in [-0.05, 0) is 37.8 Å². The maximum atomic E-state index is 12.5. The highest BCUT2D eigenvalue weighted by atomic mass is 32.2. The molecule has 1 saturated carbocycles. The first kappa shape index (κ1) is 16.6. The molecular weight excluding hydrogens is 318 g/mol. The molecule has 0 amide bonds. The fraction of sp³-hybridized carbons (Fsp3) is 0.667. The van der Waals surface area contributed by atoms with Crippen molar-refractivity contribution in [1.29, 1.82) is 0 Å². The van der Waals surface area contributed by atoms with E-state index < -0.39 is 10.0 Å². The monoisotopic (exact) mass is 341 g/mol. The van der Waals surface area contributed by atoms with Crippen LogP contribution in [0.25, 0.3) is 0 Å². The lowest BCUT2D eigenvalue weighted by molar-refractivity contribution is 0.0730. The molecule has 2 aliphatic rings. The summed E-state index contributed by atoms with van der Waals surface area (Å²) in [5.41, 5.74) is 0. The van der Waals surface area contributed by atoms with E-state index in [9.17, 15) is 13.5 Å². The van der Waals surface area contributed by atoms with Gasteiger partial charge in [-0.2, -0.15) is 4.31 Å². The molecule has 7 nitrogen and oxygen atoms in total. The molecule has 1 aromatic heterocycles. The predicted octanol–water partition coefficient (Wildman–Crippen LogP) is 0.818. The minimum Gasteiger partial charge on any atom is -0.393 e. The minimum absolute atomic E-state index is 0.193. The highest BCUT2D eigenvalue weighted by molar-refractivity contribution is 7.89. The summed E-state index contributed by atoms with van der Waals surface area (Å²) < 4.78 is 31.6. The zero-order valence-electron chi connectivity index (χ0n) is 13.0. The second-order valence-electron chi connectivity index (χ2n) is 6.05. The summed E-state index contributed by atoms with van der Waals surface area (Å²) in [5.74, 6) is 0.673. The van der Waals surface area contributed by atoms with Crippen LogP contribution in [0.1, 0.15) is 25.7 Å². The molecule has 3 rings (SSSR count). The van der Waals surface area contributed by atoms with Gasteiger partial charge in [0.15, 0.2) is 0 Å². The largest absolute Gasteiger partial charge is 0.393 e. The Bertz CT molecular complexity index is 606. The number of hydrogen-bond acceptors (Lipinski definition) is 6. The first-order valence-electron chi connectivity index (χ1n) is 8.04. The van der Waals surface area contributed by atoms with E-state index in [1.807, 2.05) is 0 Å². The van der Waals surface area contributed by atoms with Gasteiger partial charge >= 0.3 is 0 Å². The van der Waals surface area contributed by atoms with Crippen molar-refractivity contribution in [3.05, 3.63) is 18.3 Å². The van der Waals surface area contributed by atoms with Crippen LogP contribution in [0, 0.1) is 0 Å². The summed E-state index contributed by atoms with van der Waals surface area (Å²) in [6.07, 6.45) is 4.60. The zero-order chi connectivity index (χ0) is 16.3. The molecule has 8 heteroatoms. The van der Waals surface area contributed by atoms with Crippen LogP contribution in [0.5, 0.6) is 0 Å². The number of hydrogen-bond donors (Lipinski definition) is 2. The molecule has 0 aromatic carbocycles. The third kappa shape index (κ3) is 4.00. The number of nitrogens with one attached hydrogen (secondary N) is 1. The smallest absolute Gasteiger partial charge is 0.244 e. The fourth-order valence-corrected chi connectivity index (χ4v) is 4.34. The van der Waals surface area contributed by atoms with Crippen LogP contribution in [0.3, 0.4) is 0 Å². The second-order valence-corrected chi connectivity index (χ2v) is 7.98. The number of morpholine rings is 1. The third-order valence-electron chi connectivity index (χ3n) is 4.39. The fourth-order valence-electron chi connectivity index (χ4n) is 2.98. The van der Waals surface area contributed by atoms with Gasteiger partial charge in [0.2, 0.25) is 10.0 Å². The quantitative estimate of drug-likeness (QED) is 0.842. The zero-order valence-corrected chi connectivity index (χ0v) is 13.8. The average molecular weight is 341 g/mol. The maximum Gasteiger partial charge on any atom is 0.244 e. The Kier molecular flexibility index (Phi) is 5.15. The van der Waals surface area contributed by atoms with E-state index in [-0.39, 0.29) is 17.0 Å². The van der Waals surface area contributed by atoms with Crippen LogP contribution in [-0.2, 0) is 14.8 Å². The van der Waals surface area contributed by atoms with Crippen LogP contribution >= 0.6 is 0 Å².